The summed E-state index contributed by atoms with van der Waals surface area (Å²) in [5.74, 6) is 0. The van der Waals surface area contributed by atoms with E-state index in [1.165, 1.54) is 38.5 Å². The van der Waals surface area contributed by atoms with Crippen LogP contribution < -0.4 is 0 Å². The molecule has 0 aromatic carbocycles. The summed E-state index contributed by atoms with van der Waals surface area (Å²) in [5, 5.41) is 0. The van der Waals surface area contributed by atoms with E-state index >= 15 is 0 Å². The normalized spacial score (nSPS) is 11.6. The first kappa shape index (κ1) is 42.6. The summed E-state index contributed by atoms with van der Waals surface area (Å²) in [6, 6.07) is 0. The van der Waals surface area contributed by atoms with Gasteiger partial charge in [-0.1, -0.05) is 52.4 Å². The van der Waals surface area contributed by atoms with Gasteiger partial charge in [0.15, 0.2) is 0 Å². The summed E-state index contributed by atoms with van der Waals surface area (Å²) < 4.78 is 60.4. The lowest BCUT2D eigenvalue weighted by Gasteiger charge is -2.09. The van der Waals surface area contributed by atoms with Gasteiger partial charge >= 0.3 is 0 Å². The van der Waals surface area contributed by atoms with Crippen molar-refractivity contribution in [1.29, 1.82) is 0 Å². The van der Waals surface area contributed by atoms with Crippen LogP contribution >= 0.6 is 0 Å². The second-order valence-electron chi connectivity index (χ2n) is 9.86. The monoisotopic (exact) mass is 626 g/mol. The molecule has 11 heteroatoms. The molecule has 0 bridgehead atoms. The molecule has 0 spiro atoms. The van der Waals surface area contributed by atoms with Crippen LogP contribution in [0.25, 0.3) is 0 Å². The highest BCUT2D eigenvalue weighted by molar-refractivity contribution is 4.42. The Morgan fingerprint density at radius 2 is 0.349 bits per heavy atom. The summed E-state index contributed by atoms with van der Waals surface area (Å²) in [6.45, 7) is 17.3. The van der Waals surface area contributed by atoms with E-state index < -0.39 is 0 Å². The number of hydrogen-bond acceptors (Lipinski definition) is 11. The molecule has 0 saturated heterocycles. The van der Waals surface area contributed by atoms with Crippen LogP contribution in [0, 0.1) is 0 Å². The molecule has 0 amide bonds. The maximum atomic E-state index is 5.53. The first-order chi connectivity index (χ1) is 21.4. The van der Waals surface area contributed by atoms with Crippen LogP contribution in [-0.4, -0.2) is 145 Å². The highest BCUT2D eigenvalue weighted by Crippen LogP contribution is 1.99. The third kappa shape index (κ3) is 41.6. The van der Waals surface area contributed by atoms with Gasteiger partial charge in [0.1, 0.15) is 0 Å². The number of ether oxygens (including phenoxy) is 11. The Labute approximate surface area is 262 Å². The Morgan fingerprint density at radius 1 is 0.186 bits per heavy atom. The van der Waals surface area contributed by atoms with E-state index in [1.807, 2.05) is 0 Å². The molecule has 0 radical (unpaired) electrons. The molecule has 0 N–H and O–H groups in total. The third-order valence-corrected chi connectivity index (χ3v) is 6.00. The van der Waals surface area contributed by atoms with Crippen molar-refractivity contribution in [3.05, 3.63) is 0 Å². The fourth-order valence-electron chi connectivity index (χ4n) is 3.56. The summed E-state index contributed by atoms with van der Waals surface area (Å²) in [4.78, 5) is 0. The Morgan fingerprint density at radius 3 is 0.512 bits per heavy atom. The first-order valence-electron chi connectivity index (χ1n) is 16.8. The Balaban J connectivity index is 3.02. The minimum atomic E-state index is 0.528. The van der Waals surface area contributed by atoms with Gasteiger partial charge in [0.25, 0.3) is 0 Å². The predicted octanol–water partition coefficient (Wildman–Crippen LogP) is 4.33. The van der Waals surface area contributed by atoms with Gasteiger partial charge in [0.05, 0.1) is 132 Å². The molecule has 0 saturated carbocycles. The molecule has 0 fully saturated rings. The molecule has 0 aliphatic heterocycles. The Hall–Kier alpha value is -0.440. The lowest BCUT2D eigenvalue weighted by atomic mass is 10.2. The van der Waals surface area contributed by atoms with Gasteiger partial charge in [-0.25, -0.2) is 0 Å². The molecule has 11 nitrogen and oxygen atoms in total. The van der Waals surface area contributed by atoms with E-state index in [9.17, 15) is 0 Å². The second-order valence-corrected chi connectivity index (χ2v) is 9.86. The maximum absolute atomic E-state index is 5.53. The minimum Gasteiger partial charge on any atom is -0.379 e. The van der Waals surface area contributed by atoms with Gasteiger partial charge in [0, 0.05) is 13.2 Å². The molecule has 0 aromatic heterocycles. The van der Waals surface area contributed by atoms with Gasteiger partial charge in [-0.2, -0.15) is 0 Å². The van der Waals surface area contributed by atoms with Crippen molar-refractivity contribution >= 4 is 0 Å². The molecular weight excluding hydrogens is 560 g/mol. The van der Waals surface area contributed by atoms with E-state index in [4.69, 9.17) is 52.1 Å². The fraction of sp³-hybridized carbons (Fsp3) is 1.00. The van der Waals surface area contributed by atoms with E-state index in [-0.39, 0.29) is 0 Å². The largest absolute Gasteiger partial charge is 0.379 e. The standard InChI is InChI=1S/C32H66O11/c1-3-5-7-9-11-33-13-15-35-17-19-37-21-23-39-25-27-41-29-31-43-32-30-42-28-26-40-24-22-38-20-18-36-16-14-34-12-10-8-6-4-2/h3-32H2,1-2H3. The van der Waals surface area contributed by atoms with Gasteiger partial charge in [-0.15, -0.1) is 0 Å². The lowest BCUT2D eigenvalue weighted by molar-refractivity contribution is -0.0275. The number of hydrogen-bond donors (Lipinski definition) is 0. The highest BCUT2D eigenvalue weighted by atomic mass is 16.6. The summed E-state index contributed by atoms with van der Waals surface area (Å²) in [5.41, 5.74) is 0. The third-order valence-electron chi connectivity index (χ3n) is 6.00. The van der Waals surface area contributed by atoms with Crippen LogP contribution in [0.15, 0.2) is 0 Å². The van der Waals surface area contributed by atoms with Crippen LogP contribution in [0.1, 0.15) is 65.2 Å². The van der Waals surface area contributed by atoms with E-state index in [2.05, 4.69) is 13.8 Å². The second kappa shape index (κ2) is 41.6. The number of unbranched alkanes of at least 4 members (excludes halogenated alkanes) is 6. The molecule has 0 unspecified atom stereocenters. The van der Waals surface area contributed by atoms with Crippen molar-refractivity contribution in [2.45, 2.75) is 65.2 Å². The average molecular weight is 627 g/mol. The summed E-state index contributed by atoms with van der Waals surface area (Å²) in [6.07, 6.45) is 9.82. The van der Waals surface area contributed by atoms with Crippen molar-refractivity contribution in [2.24, 2.45) is 0 Å². The highest BCUT2D eigenvalue weighted by Gasteiger charge is 1.97. The molecule has 0 atom stereocenters. The smallest absolute Gasteiger partial charge is 0.0701 e. The Bertz CT molecular complexity index is 435. The van der Waals surface area contributed by atoms with E-state index in [0.29, 0.717) is 132 Å². The molecule has 0 aliphatic carbocycles. The SMILES string of the molecule is CCCCCCOCCOCCOCCOCCOCCOCCOCCOCCOCCOCCOCCCCCC. The van der Waals surface area contributed by atoms with Gasteiger partial charge in [0.2, 0.25) is 0 Å². The Kier molecular flexibility index (Phi) is 41.1. The van der Waals surface area contributed by atoms with Gasteiger partial charge < -0.3 is 52.1 Å². The molecule has 0 aromatic rings. The lowest BCUT2D eigenvalue weighted by Crippen LogP contribution is -2.15. The fourth-order valence-corrected chi connectivity index (χ4v) is 3.56. The maximum Gasteiger partial charge on any atom is 0.0701 e. The van der Waals surface area contributed by atoms with Crippen molar-refractivity contribution in [3.8, 4) is 0 Å². The zero-order chi connectivity index (χ0) is 31.0. The molecule has 260 valence electrons. The van der Waals surface area contributed by atoms with Crippen molar-refractivity contribution in [1.82, 2.24) is 0 Å². The summed E-state index contributed by atoms with van der Waals surface area (Å²) >= 11 is 0. The summed E-state index contributed by atoms with van der Waals surface area (Å²) in [7, 11) is 0. The number of rotatable bonds is 40. The van der Waals surface area contributed by atoms with E-state index in [1.54, 1.807) is 0 Å². The van der Waals surface area contributed by atoms with Crippen LogP contribution in [0.2, 0.25) is 0 Å². The van der Waals surface area contributed by atoms with Crippen molar-refractivity contribution in [2.75, 3.05) is 145 Å². The zero-order valence-corrected chi connectivity index (χ0v) is 27.7. The predicted molar refractivity (Wildman–Crippen MR) is 167 cm³/mol. The topological polar surface area (TPSA) is 102 Å². The first-order valence-corrected chi connectivity index (χ1v) is 16.8. The minimum absolute atomic E-state index is 0.528. The van der Waals surface area contributed by atoms with Gasteiger partial charge in [-0.05, 0) is 12.8 Å². The van der Waals surface area contributed by atoms with Crippen LogP contribution in [0.3, 0.4) is 0 Å². The van der Waals surface area contributed by atoms with Crippen LogP contribution in [0.5, 0.6) is 0 Å². The van der Waals surface area contributed by atoms with Crippen molar-refractivity contribution in [3.63, 3.8) is 0 Å². The van der Waals surface area contributed by atoms with Crippen molar-refractivity contribution < 1.29 is 52.1 Å². The zero-order valence-electron chi connectivity index (χ0n) is 27.7. The van der Waals surface area contributed by atoms with Crippen LogP contribution in [0.4, 0.5) is 0 Å². The molecule has 0 aliphatic rings. The average Bonchev–Trinajstić information content (AvgIpc) is 3.02. The van der Waals surface area contributed by atoms with E-state index in [0.717, 1.165) is 26.1 Å². The molecule has 0 rings (SSSR count). The molecular formula is C32H66O11. The van der Waals surface area contributed by atoms with Gasteiger partial charge in [-0.3, -0.25) is 0 Å². The molecule has 0 heterocycles. The quantitative estimate of drug-likeness (QED) is 0.0909. The molecule has 43 heavy (non-hydrogen) atoms. The van der Waals surface area contributed by atoms with Crippen LogP contribution in [-0.2, 0) is 52.1 Å².